The van der Waals surface area contributed by atoms with Crippen LogP contribution < -0.4 is 12.6 Å². The lowest BCUT2D eigenvalue weighted by atomic mass is 10.2. The van der Waals surface area contributed by atoms with Gasteiger partial charge in [-0.1, -0.05) is 11.6 Å². The molecule has 19 heavy (non-hydrogen) atoms. The molecule has 0 aliphatic rings. The van der Waals surface area contributed by atoms with Crippen LogP contribution in [0.5, 0.6) is 0 Å². The number of fused-ring (bicyclic) bond motifs is 1. The molecule has 0 N–H and O–H groups in total. The maximum absolute atomic E-state index is 12.8. The summed E-state index contributed by atoms with van der Waals surface area (Å²) in [4.78, 5) is 0.406. The number of halogens is 4. The number of hydrogen-bond donors (Lipinski definition) is 0. The van der Waals surface area contributed by atoms with E-state index >= 15 is 0 Å². The number of alkyl halides is 3. The lowest BCUT2D eigenvalue weighted by Crippen LogP contribution is -2.42. The van der Waals surface area contributed by atoms with Crippen LogP contribution in [0.25, 0.3) is 10.1 Å². The van der Waals surface area contributed by atoms with Gasteiger partial charge in [-0.15, -0.1) is 13.2 Å². The third-order valence-corrected chi connectivity index (χ3v) is 4.33. The first-order valence-electron chi connectivity index (χ1n) is 4.96. The van der Waals surface area contributed by atoms with Crippen molar-refractivity contribution in [3.8, 4) is 0 Å². The number of aryl methyl sites for hydroxylation is 2. The zero-order valence-corrected chi connectivity index (χ0v) is 12.4. The summed E-state index contributed by atoms with van der Waals surface area (Å²) in [6.07, 6.45) is 0. The average molecular weight is 359 g/mol. The summed E-state index contributed by atoms with van der Waals surface area (Å²) in [5.41, 5.74) is -3.16. The normalized spacial score (nSPS) is 12.6. The molecule has 0 saturated heterocycles. The Labute approximate surface area is 115 Å². The minimum absolute atomic E-state index is 0.406. The van der Waals surface area contributed by atoms with E-state index in [1.807, 2.05) is 6.92 Å². The molecule has 1 aromatic carbocycles. The Morgan fingerprint density at radius 1 is 1.05 bits per heavy atom. The molecule has 0 aliphatic heterocycles. The maximum atomic E-state index is 12.8. The predicted octanol–water partition coefficient (Wildman–Crippen LogP) is 1.12. The molecule has 1 heterocycles. The summed E-state index contributed by atoms with van der Waals surface area (Å²) in [6, 6.07) is 6.77. The van der Waals surface area contributed by atoms with E-state index in [9.17, 15) is 13.2 Å². The molecule has 3 nitrogen and oxygen atoms in total. The molecule has 0 radical (unpaired) electrons. The fraction of sp³-hybridized carbons (Fsp3) is 0.273. The quantitative estimate of drug-likeness (QED) is 0.662. The summed E-state index contributed by atoms with van der Waals surface area (Å²) in [7, 11) is -1.71. The van der Waals surface area contributed by atoms with E-state index in [1.54, 1.807) is 31.2 Å². The van der Waals surface area contributed by atoms with Crippen molar-refractivity contribution in [1.82, 2.24) is 0 Å². The maximum Gasteiger partial charge on any atom is 0.600 e. The van der Waals surface area contributed by atoms with Gasteiger partial charge in [-0.3, -0.25) is 0 Å². The highest BCUT2D eigenvalue weighted by molar-refractivity contribution is 7.38. The summed E-state index contributed by atoms with van der Waals surface area (Å²) in [5, 5.41) is 0.716. The van der Waals surface area contributed by atoms with Gasteiger partial charge in [0.25, 0.3) is 0 Å². The van der Waals surface area contributed by atoms with Crippen LogP contribution in [0.3, 0.4) is 0 Å². The third kappa shape index (κ3) is 4.43. The molecule has 0 fully saturated rings. The molecule has 0 spiro atoms. The highest BCUT2D eigenvalue weighted by Crippen LogP contribution is 2.50. The van der Waals surface area contributed by atoms with Gasteiger partial charge in [0, 0.05) is 18.4 Å². The van der Waals surface area contributed by atoms with Gasteiger partial charge in [-0.2, -0.15) is 0 Å². The Hall–Kier alpha value is -0.670. The van der Waals surface area contributed by atoms with E-state index in [4.69, 9.17) is 12.6 Å². The molecule has 106 valence electrons. The van der Waals surface area contributed by atoms with Crippen molar-refractivity contribution >= 4 is 20.6 Å². The number of hydrogen-bond acceptors (Lipinski definition) is 3. The highest BCUT2D eigenvalue weighted by atomic mass is 80.0. The highest BCUT2D eigenvalue weighted by Gasteiger charge is 2.46. The second-order valence-electron chi connectivity index (χ2n) is 3.74. The second-order valence-corrected chi connectivity index (χ2v) is 6.69. The number of thiophene rings is 1. The van der Waals surface area contributed by atoms with Crippen molar-refractivity contribution in [2.75, 3.05) is 0 Å². The van der Waals surface area contributed by atoms with Crippen molar-refractivity contribution in [3.05, 3.63) is 34.7 Å². The van der Waals surface area contributed by atoms with Gasteiger partial charge in [-0.05, 0) is 19.1 Å². The van der Waals surface area contributed by atoms with E-state index in [0.717, 1.165) is 5.56 Å². The largest absolute Gasteiger partial charge is 0.600 e. The van der Waals surface area contributed by atoms with Gasteiger partial charge in [0.1, 0.15) is 0 Å². The molecule has 0 bridgehead atoms. The van der Waals surface area contributed by atoms with Gasteiger partial charge in [0.15, 0.2) is 9.58 Å². The summed E-state index contributed by atoms with van der Waals surface area (Å²) in [6.45, 7) is 3.43. The van der Waals surface area contributed by atoms with E-state index in [2.05, 4.69) is 0 Å². The predicted molar refractivity (Wildman–Crippen MR) is 57.2 cm³/mol. The first-order valence-corrected chi connectivity index (χ1v) is 8.12. The van der Waals surface area contributed by atoms with Gasteiger partial charge in [-0.25, -0.2) is 0 Å². The standard InChI is InChI=1S/C11H10F3S.BrO3/c1-7-3-4-10-9(5-7)6-8(2)15(10)11(12,13)14;2-1(3)4/h3-6H,1-2H3;/q+1;-1. The van der Waals surface area contributed by atoms with E-state index in [-0.39, 0.29) is 0 Å². The zero-order chi connectivity index (χ0) is 14.8. The van der Waals surface area contributed by atoms with Gasteiger partial charge in [0.05, 0.1) is 10.5 Å². The second kappa shape index (κ2) is 6.19. The summed E-state index contributed by atoms with van der Waals surface area (Å²) in [5.74, 6) is 0. The van der Waals surface area contributed by atoms with Crippen LogP contribution in [0.15, 0.2) is 24.3 Å². The average Bonchev–Trinajstić information content (AvgIpc) is 2.50. The van der Waals surface area contributed by atoms with Crippen LogP contribution in [0.1, 0.15) is 10.4 Å². The van der Waals surface area contributed by atoms with Crippen LogP contribution in [0, 0.1) is 28.7 Å². The Balaban J connectivity index is 0.000000399. The van der Waals surface area contributed by atoms with E-state index in [0.29, 0.717) is 15.0 Å². The Bertz CT molecular complexity index is 563. The molecular formula is C11H10BrF3O3S. The van der Waals surface area contributed by atoms with Crippen LogP contribution >= 0.6 is 10.5 Å². The Kier molecular flexibility index (Phi) is 5.34. The molecule has 1 unspecified atom stereocenters. The van der Waals surface area contributed by atoms with Gasteiger partial charge < -0.3 is 12.6 Å². The molecule has 2 rings (SSSR count). The van der Waals surface area contributed by atoms with E-state index in [1.165, 1.54) is 0 Å². The van der Waals surface area contributed by atoms with Crippen molar-refractivity contribution in [3.63, 3.8) is 0 Å². The summed E-state index contributed by atoms with van der Waals surface area (Å²) < 4.78 is 64.3. The lowest BCUT2D eigenvalue weighted by molar-refractivity contribution is -1.73. The minimum atomic E-state index is -4.15. The Morgan fingerprint density at radius 2 is 1.58 bits per heavy atom. The van der Waals surface area contributed by atoms with Gasteiger partial charge in [0.2, 0.25) is 14.8 Å². The first kappa shape index (κ1) is 16.4. The van der Waals surface area contributed by atoms with Crippen molar-refractivity contribution in [1.29, 1.82) is 0 Å². The number of benzene rings is 1. The third-order valence-electron chi connectivity index (χ3n) is 2.30. The topological polar surface area (TPSA) is 69.2 Å². The molecule has 0 saturated carbocycles. The minimum Gasteiger partial charge on any atom is -0.405 e. The molecule has 8 heteroatoms. The SMILES string of the molecule is Cc1ccc2c(c1)cc(C)[s+]2C(F)(F)F.[O-][Br+2]([O-])[O-]. The summed E-state index contributed by atoms with van der Waals surface area (Å²) >= 11 is -3.65. The first-order chi connectivity index (χ1) is 8.62. The fourth-order valence-corrected chi connectivity index (χ4v) is 3.49. The fourth-order valence-electron chi connectivity index (χ4n) is 1.73. The lowest BCUT2D eigenvalue weighted by Gasteiger charge is -1.97. The molecule has 0 aliphatic carbocycles. The molecule has 1 atom stereocenters. The van der Waals surface area contributed by atoms with Crippen LogP contribution in [0.2, 0.25) is 0 Å². The zero-order valence-electron chi connectivity index (χ0n) is 9.95. The van der Waals surface area contributed by atoms with Gasteiger partial charge >= 0.3 is 5.51 Å². The van der Waals surface area contributed by atoms with Crippen molar-refractivity contribution < 1.29 is 40.6 Å². The monoisotopic (exact) mass is 358 g/mol. The molecule has 0 amide bonds. The van der Waals surface area contributed by atoms with Crippen LogP contribution in [-0.4, -0.2) is 0 Å². The molecular weight excluding hydrogens is 349 g/mol. The molecule has 1 aromatic heterocycles. The Morgan fingerprint density at radius 3 is 2.05 bits per heavy atom. The van der Waals surface area contributed by atoms with Crippen molar-refractivity contribution in [2.45, 2.75) is 19.4 Å². The molecule has 2 aromatic rings. The van der Waals surface area contributed by atoms with Crippen LogP contribution in [-0.2, 0) is 5.51 Å². The smallest absolute Gasteiger partial charge is 0.405 e. The van der Waals surface area contributed by atoms with E-state index < -0.39 is 30.8 Å². The van der Waals surface area contributed by atoms with Crippen LogP contribution in [0.4, 0.5) is 13.2 Å². The number of rotatable bonds is 0. The van der Waals surface area contributed by atoms with Crippen molar-refractivity contribution in [2.24, 2.45) is 0 Å².